The molecule has 1 unspecified atom stereocenters. The van der Waals surface area contributed by atoms with Gasteiger partial charge in [-0.25, -0.2) is 4.98 Å². The summed E-state index contributed by atoms with van der Waals surface area (Å²) in [5.74, 6) is 2.17. The van der Waals surface area contributed by atoms with Crippen molar-refractivity contribution in [1.82, 2.24) is 20.5 Å². The van der Waals surface area contributed by atoms with Crippen LogP contribution in [0.4, 0.5) is 0 Å². The number of aryl methyl sites for hydroxylation is 2. The molecule has 0 aliphatic carbocycles. The van der Waals surface area contributed by atoms with Gasteiger partial charge in [-0.1, -0.05) is 17.7 Å². The molecule has 0 bridgehead atoms. The molecule has 3 rings (SSSR count). The zero-order valence-electron chi connectivity index (χ0n) is 14.4. The largest absolute Gasteiger partial charge is 0.486 e. The van der Waals surface area contributed by atoms with Gasteiger partial charge in [0.25, 0.3) is 5.91 Å². The van der Waals surface area contributed by atoms with Crippen LogP contribution in [0.2, 0.25) is 0 Å². The van der Waals surface area contributed by atoms with Crippen molar-refractivity contribution in [2.45, 2.75) is 33.4 Å². The number of rotatable bonds is 6. The number of furan rings is 1. The van der Waals surface area contributed by atoms with E-state index in [0.717, 1.165) is 11.3 Å². The summed E-state index contributed by atoms with van der Waals surface area (Å²) in [5.41, 5.74) is 1.59. The van der Waals surface area contributed by atoms with Crippen LogP contribution in [-0.4, -0.2) is 21.1 Å². The van der Waals surface area contributed by atoms with Gasteiger partial charge >= 0.3 is 0 Å². The van der Waals surface area contributed by atoms with Gasteiger partial charge < -0.3 is 14.5 Å². The highest BCUT2D eigenvalue weighted by atomic mass is 16.5. The number of carbonyl (C=O) groups is 1. The Bertz CT molecular complexity index is 851. The van der Waals surface area contributed by atoms with Gasteiger partial charge in [0.15, 0.2) is 11.6 Å². The Balaban J connectivity index is 1.64. The van der Waals surface area contributed by atoms with E-state index in [-0.39, 0.29) is 18.6 Å². The third-order valence-corrected chi connectivity index (χ3v) is 3.73. The molecule has 25 heavy (non-hydrogen) atoms. The van der Waals surface area contributed by atoms with Crippen LogP contribution in [0.3, 0.4) is 0 Å². The van der Waals surface area contributed by atoms with Crippen molar-refractivity contribution in [2.75, 3.05) is 0 Å². The lowest BCUT2D eigenvalue weighted by Gasteiger charge is -2.11. The van der Waals surface area contributed by atoms with Crippen LogP contribution in [0.15, 0.2) is 41.0 Å². The minimum Gasteiger partial charge on any atom is -0.486 e. The van der Waals surface area contributed by atoms with Crippen molar-refractivity contribution < 1.29 is 13.9 Å². The molecule has 0 radical (unpaired) electrons. The maximum absolute atomic E-state index is 12.5. The fourth-order valence-corrected chi connectivity index (χ4v) is 2.33. The summed E-state index contributed by atoms with van der Waals surface area (Å²) in [4.78, 5) is 16.7. The van der Waals surface area contributed by atoms with Gasteiger partial charge in [-0.3, -0.25) is 9.89 Å². The van der Waals surface area contributed by atoms with E-state index >= 15 is 0 Å². The molecule has 1 atom stereocenters. The smallest absolute Gasteiger partial charge is 0.255 e. The number of ether oxygens (including phenoxy) is 1. The monoisotopic (exact) mass is 340 g/mol. The molecule has 2 aromatic heterocycles. The number of aromatic nitrogens is 3. The predicted octanol–water partition coefficient (Wildman–Crippen LogP) is 3.08. The van der Waals surface area contributed by atoms with Crippen LogP contribution in [0, 0.1) is 13.8 Å². The Labute approximate surface area is 145 Å². The van der Waals surface area contributed by atoms with Gasteiger partial charge in [-0.05, 0) is 39.0 Å². The molecule has 1 amide bonds. The lowest BCUT2D eigenvalue weighted by Crippen LogP contribution is -2.28. The highest BCUT2D eigenvalue weighted by molar-refractivity contribution is 5.95. The van der Waals surface area contributed by atoms with Crippen LogP contribution < -0.4 is 10.1 Å². The van der Waals surface area contributed by atoms with E-state index in [0.29, 0.717) is 23.0 Å². The van der Waals surface area contributed by atoms with Crippen molar-refractivity contribution in [3.63, 3.8) is 0 Å². The Morgan fingerprint density at radius 2 is 2.04 bits per heavy atom. The molecule has 1 aromatic carbocycles. The Morgan fingerprint density at radius 3 is 2.72 bits per heavy atom. The average Bonchev–Trinajstić information content (AvgIpc) is 3.23. The number of H-pyrrole nitrogens is 1. The summed E-state index contributed by atoms with van der Waals surface area (Å²) >= 11 is 0. The van der Waals surface area contributed by atoms with Crippen LogP contribution in [0.25, 0.3) is 0 Å². The summed E-state index contributed by atoms with van der Waals surface area (Å²) in [6, 6.07) is 8.99. The molecule has 0 fully saturated rings. The van der Waals surface area contributed by atoms with Crippen molar-refractivity contribution in [1.29, 1.82) is 0 Å². The number of hydrogen-bond donors (Lipinski definition) is 2. The third-order valence-electron chi connectivity index (χ3n) is 3.73. The SMILES string of the molecule is Cc1ccc(OCc2occc2C(=O)NC(C)c2n[nH]c(C)n2)cc1. The molecule has 3 aromatic rings. The Kier molecular flexibility index (Phi) is 4.83. The number of nitrogens with one attached hydrogen (secondary N) is 2. The summed E-state index contributed by atoms with van der Waals surface area (Å²) in [6.07, 6.45) is 1.48. The summed E-state index contributed by atoms with van der Waals surface area (Å²) in [7, 11) is 0. The lowest BCUT2D eigenvalue weighted by molar-refractivity contribution is 0.0934. The molecular formula is C18H20N4O3. The molecule has 0 aliphatic heterocycles. The number of nitrogens with zero attached hydrogens (tertiary/aromatic N) is 2. The normalized spacial score (nSPS) is 12.0. The zero-order chi connectivity index (χ0) is 17.8. The quantitative estimate of drug-likeness (QED) is 0.719. The summed E-state index contributed by atoms with van der Waals surface area (Å²) in [6.45, 7) is 5.81. The standard InChI is InChI=1S/C18H20N4O3/c1-11-4-6-14(7-5-11)25-10-16-15(8-9-24-16)18(23)19-12(2)17-20-13(3)21-22-17/h4-9,12H,10H2,1-3H3,(H,19,23)(H,20,21,22). The number of aromatic amines is 1. The minimum atomic E-state index is -0.321. The van der Waals surface area contributed by atoms with Crippen molar-refractivity contribution in [3.05, 3.63) is 65.1 Å². The molecule has 0 aliphatic rings. The maximum Gasteiger partial charge on any atom is 0.255 e. The Morgan fingerprint density at radius 1 is 1.28 bits per heavy atom. The molecule has 0 saturated heterocycles. The van der Waals surface area contributed by atoms with Crippen molar-refractivity contribution in [2.24, 2.45) is 0 Å². The van der Waals surface area contributed by atoms with E-state index in [1.54, 1.807) is 6.07 Å². The molecule has 7 heteroatoms. The van der Waals surface area contributed by atoms with Gasteiger partial charge in [0.2, 0.25) is 0 Å². The molecule has 2 heterocycles. The predicted molar refractivity (Wildman–Crippen MR) is 91.2 cm³/mol. The first kappa shape index (κ1) is 16.8. The van der Waals surface area contributed by atoms with Crippen LogP contribution in [0.1, 0.15) is 46.3 Å². The second-order valence-electron chi connectivity index (χ2n) is 5.83. The number of hydrogen-bond acceptors (Lipinski definition) is 5. The first-order valence-electron chi connectivity index (χ1n) is 7.98. The van der Waals surface area contributed by atoms with Gasteiger partial charge in [-0.15, -0.1) is 0 Å². The van der Waals surface area contributed by atoms with E-state index in [4.69, 9.17) is 9.15 Å². The number of amides is 1. The molecule has 130 valence electrons. The lowest BCUT2D eigenvalue weighted by atomic mass is 10.2. The van der Waals surface area contributed by atoms with Gasteiger partial charge in [0.05, 0.1) is 17.9 Å². The first-order valence-corrected chi connectivity index (χ1v) is 7.98. The maximum atomic E-state index is 12.5. The fourth-order valence-electron chi connectivity index (χ4n) is 2.33. The van der Waals surface area contributed by atoms with Crippen LogP contribution in [0.5, 0.6) is 5.75 Å². The van der Waals surface area contributed by atoms with E-state index < -0.39 is 0 Å². The van der Waals surface area contributed by atoms with E-state index in [9.17, 15) is 4.79 Å². The first-order chi connectivity index (χ1) is 12.0. The molecule has 7 nitrogen and oxygen atoms in total. The van der Waals surface area contributed by atoms with Crippen molar-refractivity contribution in [3.8, 4) is 5.75 Å². The van der Waals surface area contributed by atoms with Gasteiger partial charge in [0, 0.05) is 0 Å². The minimum absolute atomic E-state index is 0.174. The highest BCUT2D eigenvalue weighted by Crippen LogP contribution is 2.17. The van der Waals surface area contributed by atoms with E-state index in [1.807, 2.05) is 45.0 Å². The van der Waals surface area contributed by atoms with Crippen molar-refractivity contribution >= 4 is 5.91 Å². The van der Waals surface area contributed by atoms with Crippen LogP contribution in [-0.2, 0) is 6.61 Å². The molecule has 0 spiro atoms. The van der Waals surface area contributed by atoms with E-state index in [2.05, 4.69) is 20.5 Å². The number of carbonyl (C=O) groups excluding carboxylic acids is 1. The molecular weight excluding hydrogens is 320 g/mol. The highest BCUT2D eigenvalue weighted by Gasteiger charge is 2.19. The van der Waals surface area contributed by atoms with E-state index in [1.165, 1.54) is 6.26 Å². The van der Waals surface area contributed by atoms with Gasteiger partial charge in [0.1, 0.15) is 18.2 Å². The average molecular weight is 340 g/mol. The second kappa shape index (κ2) is 7.21. The second-order valence-corrected chi connectivity index (χ2v) is 5.83. The summed E-state index contributed by atoms with van der Waals surface area (Å²) < 4.78 is 11.1. The van der Waals surface area contributed by atoms with Crippen LogP contribution >= 0.6 is 0 Å². The number of benzene rings is 1. The fraction of sp³-hybridized carbons (Fsp3) is 0.278. The third kappa shape index (κ3) is 4.06. The zero-order valence-corrected chi connectivity index (χ0v) is 14.4. The Hall–Kier alpha value is -3.09. The summed E-state index contributed by atoms with van der Waals surface area (Å²) in [5, 5.41) is 9.68. The molecule has 0 saturated carbocycles. The topological polar surface area (TPSA) is 93.0 Å². The van der Waals surface area contributed by atoms with Gasteiger partial charge in [-0.2, -0.15) is 5.10 Å². The molecule has 2 N–H and O–H groups in total.